The van der Waals surface area contributed by atoms with E-state index in [4.69, 9.17) is 11.6 Å². The number of para-hydroxylation sites is 1. The van der Waals surface area contributed by atoms with Gasteiger partial charge in [0.25, 0.3) is 11.8 Å². The van der Waals surface area contributed by atoms with E-state index in [0.717, 1.165) is 30.6 Å². The number of hydrogen-bond acceptors (Lipinski definition) is 3. The lowest BCUT2D eigenvalue weighted by Crippen LogP contribution is -2.42. The Morgan fingerprint density at radius 1 is 0.897 bits per heavy atom. The van der Waals surface area contributed by atoms with Crippen LogP contribution in [-0.4, -0.2) is 29.8 Å². The van der Waals surface area contributed by atoms with Gasteiger partial charge in [-0.05, 0) is 42.9 Å². The molecular weight excluding hydrogens is 384 g/mol. The molecule has 5 heteroatoms. The molecule has 2 amide bonds. The normalized spacial score (nSPS) is 22.6. The minimum absolute atomic E-state index is 0.292. The smallest absolute Gasteiger partial charge is 0.282 e. The molecule has 0 saturated carbocycles. The maximum absolute atomic E-state index is 13.6. The standard InChI is InChI=1S/C24H25ClN2O2/c1-15-8-10-18(11-9-15)21-22(26-13-16(2)12-17(3)14-26)24(29)27(23(21)28)20-7-5-4-6-19(20)25/h4-11,16-17H,12-14H2,1-3H3. The van der Waals surface area contributed by atoms with E-state index in [9.17, 15) is 9.59 Å². The van der Waals surface area contributed by atoms with Crippen LogP contribution in [0, 0.1) is 18.8 Å². The Hall–Kier alpha value is -2.59. The van der Waals surface area contributed by atoms with E-state index in [1.807, 2.05) is 31.2 Å². The Bertz CT molecular complexity index is 986. The molecule has 0 aliphatic carbocycles. The molecule has 29 heavy (non-hydrogen) atoms. The number of carbonyl (C=O) groups is 2. The fraction of sp³-hybridized carbons (Fsp3) is 0.333. The number of aryl methyl sites for hydroxylation is 1. The SMILES string of the molecule is Cc1ccc(C2=C(N3CC(C)CC(C)C3)C(=O)N(c3ccccc3Cl)C2=O)cc1. The summed E-state index contributed by atoms with van der Waals surface area (Å²) in [7, 11) is 0. The highest BCUT2D eigenvalue weighted by atomic mass is 35.5. The summed E-state index contributed by atoms with van der Waals surface area (Å²) >= 11 is 6.35. The third kappa shape index (κ3) is 3.58. The molecule has 1 fully saturated rings. The fourth-order valence-corrected chi connectivity index (χ4v) is 4.71. The van der Waals surface area contributed by atoms with Crippen LogP contribution in [0.1, 0.15) is 31.4 Å². The van der Waals surface area contributed by atoms with Gasteiger partial charge in [0.2, 0.25) is 0 Å². The minimum Gasteiger partial charge on any atom is -0.366 e. The molecule has 0 aromatic heterocycles. The Morgan fingerprint density at radius 2 is 1.52 bits per heavy atom. The molecule has 0 radical (unpaired) electrons. The van der Waals surface area contributed by atoms with Crippen molar-refractivity contribution in [3.63, 3.8) is 0 Å². The van der Waals surface area contributed by atoms with Crippen molar-refractivity contribution in [1.29, 1.82) is 0 Å². The Labute approximate surface area is 176 Å². The summed E-state index contributed by atoms with van der Waals surface area (Å²) in [5, 5.41) is 0.388. The van der Waals surface area contributed by atoms with Crippen molar-refractivity contribution in [1.82, 2.24) is 4.90 Å². The van der Waals surface area contributed by atoms with Crippen molar-refractivity contribution in [2.45, 2.75) is 27.2 Å². The number of rotatable bonds is 3. The fourth-order valence-electron chi connectivity index (χ4n) is 4.49. The molecule has 2 aliphatic heterocycles. The summed E-state index contributed by atoms with van der Waals surface area (Å²) in [5.74, 6) is 0.318. The number of anilines is 1. The summed E-state index contributed by atoms with van der Waals surface area (Å²) in [6, 6.07) is 14.8. The zero-order valence-electron chi connectivity index (χ0n) is 17.0. The van der Waals surface area contributed by atoms with Gasteiger partial charge in [-0.3, -0.25) is 9.59 Å². The summed E-state index contributed by atoms with van der Waals surface area (Å²) in [4.78, 5) is 30.4. The lowest BCUT2D eigenvalue weighted by Gasteiger charge is -2.37. The first-order valence-electron chi connectivity index (χ1n) is 10.1. The predicted molar refractivity (Wildman–Crippen MR) is 117 cm³/mol. The van der Waals surface area contributed by atoms with Crippen LogP contribution < -0.4 is 4.90 Å². The minimum atomic E-state index is -0.312. The van der Waals surface area contributed by atoms with E-state index in [-0.39, 0.29) is 11.8 Å². The van der Waals surface area contributed by atoms with Gasteiger partial charge in [-0.25, -0.2) is 4.90 Å². The zero-order chi connectivity index (χ0) is 20.7. The number of nitrogens with zero attached hydrogens (tertiary/aromatic N) is 2. The molecule has 2 aromatic carbocycles. The molecule has 2 aromatic rings. The van der Waals surface area contributed by atoms with Crippen LogP contribution in [0.25, 0.3) is 5.57 Å². The van der Waals surface area contributed by atoms with Gasteiger partial charge in [0, 0.05) is 13.1 Å². The highest BCUT2D eigenvalue weighted by Crippen LogP contribution is 2.39. The van der Waals surface area contributed by atoms with E-state index >= 15 is 0 Å². The van der Waals surface area contributed by atoms with Crippen LogP contribution in [0.4, 0.5) is 5.69 Å². The molecule has 0 bridgehead atoms. The number of halogens is 1. The topological polar surface area (TPSA) is 40.6 Å². The number of hydrogen-bond donors (Lipinski definition) is 0. The molecule has 150 valence electrons. The molecule has 2 atom stereocenters. The summed E-state index contributed by atoms with van der Waals surface area (Å²) in [6.07, 6.45) is 1.13. The molecule has 0 spiro atoms. The number of amides is 2. The van der Waals surface area contributed by atoms with E-state index in [1.54, 1.807) is 24.3 Å². The Morgan fingerprint density at radius 3 is 2.14 bits per heavy atom. The van der Waals surface area contributed by atoms with Crippen molar-refractivity contribution < 1.29 is 9.59 Å². The first-order valence-corrected chi connectivity index (χ1v) is 10.4. The van der Waals surface area contributed by atoms with Gasteiger partial charge < -0.3 is 4.90 Å². The number of imide groups is 1. The Balaban J connectivity index is 1.85. The van der Waals surface area contributed by atoms with Crippen LogP contribution >= 0.6 is 11.6 Å². The molecule has 2 aliphatic rings. The van der Waals surface area contributed by atoms with E-state index in [2.05, 4.69) is 18.7 Å². The monoisotopic (exact) mass is 408 g/mol. The van der Waals surface area contributed by atoms with Crippen LogP contribution in [0.2, 0.25) is 5.02 Å². The first kappa shape index (κ1) is 19.7. The predicted octanol–water partition coefficient (Wildman–Crippen LogP) is 4.91. The lowest BCUT2D eigenvalue weighted by molar-refractivity contribution is -0.120. The molecular formula is C24H25ClN2O2. The summed E-state index contributed by atoms with van der Waals surface area (Å²) < 4.78 is 0. The maximum atomic E-state index is 13.6. The third-order valence-electron chi connectivity index (χ3n) is 5.68. The third-order valence-corrected chi connectivity index (χ3v) is 6.00. The molecule has 4 nitrogen and oxygen atoms in total. The maximum Gasteiger partial charge on any atom is 0.282 e. The summed E-state index contributed by atoms with van der Waals surface area (Å²) in [5.41, 5.74) is 3.27. The van der Waals surface area contributed by atoms with E-state index in [0.29, 0.717) is 33.8 Å². The highest BCUT2D eigenvalue weighted by Gasteiger charge is 2.44. The summed E-state index contributed by atoms with van der Waals surface area (Å²) in [6.45, 7) is 7.93. The quantitative estimate of drug-likeness (QED) is 0.677. The second-order valence-corrected chi connectivity index (χ2v) is 8.74. The van der Waals surface area contributed by atoms with Crippen molar-refractivity contribution in [3.05, 3.63) is 70.4 Å². The van der Waals surface area contributed by atoms with Gasteiger partial charge in [0.05, 0.1) is 16.3 Å². The number of benzene rings is 2. The Kier molecular flexibility index (Phi) is 5.22. The molecule has 2 unspecified atom stereocenters. The largest absolute Gasteiger partial charge is 0.366 e. The van der Waals surface area contributed by atoms with Gasteiger partial charge in [-0.1, -0.05) is 67.4 Å². The van der Waals surface area contributed by atoms with Gasteiger partial charge in [0.15, 0.2) is 0 Å². The van der Waals surface area contributed by atoms with Gasteiger partial charge in [0.1, 0.15) is 5.70 Å². The molecule has 1 saturated heterocycles. The van der Waals surface area contributed by atoms with Crippen molar-refractivity contribution in [3.8, 4) is 0 Å². The average Bonchev–Trinajstić information content (AvgIpc) is 2.93. The van der Waals surface area contributed by atoms with Gasteiger partial charge in [-0.2, -0.15) is 0 Å². The average molecular weight is 409 g/mol. The number of carbonyl (C=O) groups excluding carboxylic acids is 2. The van der Waals surface area contributed by atoms with Crippen LogP contribution in [-0.2, 0) is 9.59 Å². The second-order valence-electron chi connectivity index (χ2n) is 8.34. The van der Waals surface area contributed by atoms with Crippen molar-refractivity contribution in [2.75, 3.05) is 18.0 Å². The lowest BCUT2D eigenvalue weighted by atomic mass is 9.91. The second kappa shape index (κ2) is 7.68. The van der Waals surface area contributed by atoms with Crippen LogP contribution in [0.15, 0.2) is 54.2 Å². The van der Waals surface area contributed by atoms with E-state index in [1.165, 1.54) is 4.90 Å². The molecule has 4 rings (SSSR count). The molecule has 0 N–H and O–H groups in total. The highest BCUT2D eigenvalue weighted by molar-refractivity contribution is 6.47. The van der Waals surface area contributed by atoms with Crippen LogP contribution in [0.5, 0.6) is 0 Å². The van der Waals surface area contributed by atoms with Crippen molar-refractivity contribution >= 4 is 34.7 Å². The number of likely N-dealkylation sites (tertiary alicyclic amines) is 1. The first-order chi connectivity index (χ1) is 13.9. The molecule has 2 heterocycles. The van der Waals surface area contributed by atoms with Gasteiger partial charge >= 0.3 is 0 Å². The number of piperidine rings is 1. The zero-order valence-corrected chi connectivity index (χ0v) is 17.7. The van der Waals surface area contributed by atoms with E-state index < -0.39 is 0 Å². The van der Waals surface area contributed by atoms with Crippen LogP contribution in [0.3, 0.4) is 0 Å². The van der Waals surface area contributed by atoms with Gasteiger partial charge in [-0.15, -0.1) is 0 Å². The van der Waals surface area contributed by atoms with Crippen molar-refractivity contribution in [2.24, 2.45) is 11.8 Å².